The summed E-state index contributed by atoms with van der Waals surface area (Å²) in [7, 11) is 3.49. The third-order valence-corrected chi connectivity index (χ3v) is 3.35. The van der Waals surface area contributed by atoms with E-state index >= 15 is 0 Å². The van der Waals surface area contributed by atoms with Gasteiger partial charge in [-0.25, -0.2) is 0 Å². The van der Waals surface area contributed by atoms with E-state index in [-0.39, 0.29) is 5.56 Å². The number of allylic oxidation sites excluding steroid dienone is 2. The van der Waals surface area contributed by atoms with Crippen LogP contribution in [0.2, 0.25) is 0 Å². The summed E-state index contributed by atoms with van der Waals surface area (Å²) in [5, 5.41) is 8.96. The smallest absolute Gasteiger partial charge is 0.374 e. The minimum absolute atomic E-state index is 0.119. The third kappa shape index (κ3) is 4.10. The number of benzene rings is 1. The lowest BCUT2D eigenvalue weighted by molar-refractivity contribution is -0.137. The third-order valence-electron chi connectivity index (χ3n) is 3.35. The van der Waals surface area contributed by atoms with E-state index < -0.39 is 11.7 Å². The molecule has 0 fully saturated rings. The maximum Gasteiger partial charge on any atom is 0.417 e. The van der Waals surface area contributed by atoms with Gasteiger partial charge < -0.3 is 16.0 Å². The molecule has 5 nitrogen and oxygen atoms in total. The van der Waals surface area contributed by atoms with Gasteiger partial charge in [0.1, 0.15) is 11.6 Å². The topological polar surface area (TPSA) is 60.1 Å². The number of halogens is 3. The van der Waals surface area contributed by atoms with Gasteiger partial charge in [-0.15, -0.1) is 0 Å². The van der Waals surface area contributed by atoms with Gasteiger partial charge in [0.25, 0.3) is 0 Å². The van der Waals surface area contributed by atoms with Gasteiger partial charge in [0.05, 0.1) is 5.56 Å². The molecule has 1 aliphatic rings. The number of hydrogen-bond donors (Lipinski definition) is 5. The summed E-state index contributed by atoms with van der Waals surface area (Å²) in [5.41, 5.74) is 5.67. The SMILES string of the molecule is CNCCNC1=C(c2ccccc2C(F)(F)F)C=C(NC)NN1. The Bertz CT molecular complexity index is 607. The van der Waals surface area contributed by atoms with Crippen LogP contribution in [-0.4, -0.2) is 27.2 Å². The first-order valence-electron chi connectivity index (χ1n) is 7.18. The van der Waals surface area contributed by atoms with Gasteiger partial charge in [-0.05, 0) is 24.8 Å². The largest absolute Gasteiger partial charge is 0.417 e. The normalized spacial score (nSPS) is 14.7. The predicted octanol–water partition coefficient (Wildman–Crippen LogP) is 1.35. The summed E-state index contributed by atoms with van der Waals surface area (Å²) in [6, 6.07) is 5.53. The Kier molecular flexibility index (Phi) is 5.38. The molecule has 1 heterocycles. The van der Waals surface area contributed by atoms with Crippen LogP contribution in [0, 0.1) is 0 Å². The summed E-state index contributed by atoms with van der Waals surface area (Å²) < 4.78 is 39.9. The molecule has 0 aliphatic carbocycles. The molecule has 0 amide bonds. The van der Waals surface area contributed by atoms with Crippen molar-refractivity contribution in [3.63, 3.8) is 0 Å². The molecule has 0 saturated carbocycles. The van der Waals surface area contributed by atoms with E-state index in [0.717, 1.165) is 6.07 Å². The van der Waals surface area contributed by atoms with E-state index in [4.69, 9.17) is 0 Å². The van der Waals surface area contributed by atoms with Crippen molar-refractivity contribution in [2.75, 3.05) is 27.2 Å². The first-order chi connectivity index (χ1) is 11.0. The van der Waals surface area contributed by atoms with Gasteiger partial charge in [-0.2, -0.15) is 13.2 Å². The van der Waals surface area contributed by atoms with Crippen molar-refractivity contribution in [2.24, 2.45) is 0 Å². The lowest BCUT2D eigenvalue weighted by Gasteiger charge is -2.26. The minimum Gasteiger partial charge on any atom is -0.374 e. The number of nitrogens with one attached hydrogen (secondary N) is 5. The molecule has 1 aliphatic heterocycles. The second kappa shape index (κ2) is 7.28. The van der Waals surface area contributed by atoms with Crippen molar-refractivity contribution in [3.05, 3.63) is 53.1 Å². The van der Waals surface area contributed by atoms with E-state index in [9.17, 15) is 13.2 Å². The summed E-state index contributed by atoms with van der Waals surface area (Å²) >= 11 is 0. The highest BCUT2D eigenvalue weighted by Crippen LogP contribution is 2.36. The van der Waals surface area contributed by atoms with Crippen LogP contribution in [0.3, 0.4) is 0 Å². The lowest BCUT2D eigenvalue weighted by Crippen LogP contribution is -2.44. The summed E-state index contributed by atoms with van der Waals surface area (Å²) in [6.07, 6.45) is -2.78. The Morgan fingerprint density at radius 3 is 2.43 bits per heavy atom. The highest BCUT2D eigenvalue weighted by Gasteiger charge is 2.34. The second-order valence-electron chi connectivity index (χ2n) is 4.92. The summed E-state index contributed by atoms with van der Waals surface area (Å²) in [6.45, 7) is 1.25. The van der Waals surface area contributed by atoms with Crippen LogP contribution in [0.25, 0.3) is 5.57 Å². The molecular formula is C15H20F3N5. The van der Waals surface area contributed by atoms with Gasteiger partial charge in [0, 0.05) is 25.7 Å². The molecule has 1 aromatic carbocycles. The van der Waals surface area contributed by atoms with Crippen LogP contribution < -0.4 is 26.8 Å². The molecule has 0 spiro atoms. The number of likely N-dealkylation sites (N-methyl/N-ethyl adjacent to an activating group) is 1. The fraction of sp³-hybridized carbons (Fsp3) is 0.333. The second-order valence-corrected chi connectivity index (χ2v) is 4.92. The number of hydrazine groups is 1. The van der Waals surface area contributed by atoms with E-state index in [2.05, 4.69) is 26.8 Å². The molecule has 5 N–H and O–H groups in total. The molecule has 0 bridgehead atoms. The molecule has 0 unspecified atom stereocenters. The fourth-order valence-corrected chi connectivity index (χ4v) is 2.21. The maximum absolute atomic E-state index is 13.3. The zero-order valence-corrected chi connectivity index (χ0v) is 12.9. The molecule has 2 rings (SSSR count). The van der Waals surface area contributed by atoms with E-state index in [1.54, 1.807) is 19.2 Å². The monoisotopic (exact) mass is 327 g/mol. The van der Waals surface area contributed by atoms with E-state index in [0.29, 0.717) is 30.3 Å². The Balaban J connectivity index is 2.48. The van der Waals surface area contributed by atoms with Crippen LogP contribution >= 0.6 is 0 Å². The average Bonchev–Trinajstić information content (AvgIpc) is 2.54. The fourth-order valence-electron chi connectivity index (χ4n) is 2.21. The van der Waals surface area contributed by atoms with E-state index in [1.807, 2.05) is 7.05 Å². The molecule has 0 saturated heterocycles. The van der Waals surface area contributed by atoms with Crippen LogP contribution in [0.4, 0.5) is 13.2 Å². The van der Waals surface area contributed by atoms with E-state index in [1.165, 1.54) is 12.1 Å². The quantitative estimate of drug-likeness (QED) is 0.511. The molecule has 0 atom stereocenters. The molecule has 8 heteroatoms. The predicted molar refractivity (Wildman–Crippen MR) is 83.7 cm³/mol. The van der Waals surface area contributed by atoms with Crippen LogP contribution in [0.1, 0.15) is 11.1 Å². The van der Waals surface area contributed by atoms with Gasteiger partial charge in [-0.1, -0.05) is 18.2 Å². The Hall–Kier alpha value is -2.35. The first-order valence-corrected chi connectivity index (χ1v) is 7.18. The van der Waals surface area contributed by atoms with Crippen molar-refractivity contribution in [3.8, 4) is 0 Å². The van der Waals surface area contributed by atoms with Crippen molar-refractivity contribution < 1.29 is 13.2 Å². The Labute approximate surface area is 133 Å². The van der Waals surface area contributed by atoms with Crippen molar-refractivity contribution in [1.82, 2.24) is 26.8 Å². The van der Waals surface area contributed by atoms with Gasteiger partial charge in [0.2, 0.25) is 0 Å². The molecule has 0 aromatic heterocycles. The number of rotatable bonds is 6. The van der Waals surface area contributed by atoms with Crippen LogP contribution in [-0.2, 0) is 6.18 Å². The van der Waals surface area contributed by atoms with Crippen LogP contribution in [0.5, 0.6) is 0 Å². The minimum atomic E-state index is -4.42. The summed E-state index contributed by atoms with van der Waals surface area (Å²) in [5.74, 6) is 1.08. The molecule has 0 radical (unpaired) electrons. The van der Waals surface area contributed by atoms with Crippen molar-refractivity contribution in [2.45, 2.75) is 6.18 Å². The zero-order valence-electron chi connectivity index (χ0n) is 12.9. The molecule has 126 valence electrons. The Morgan fingerprint density at radius 1 is 1.04 bits per heavy atom. The molecule has 23 heavy (non-hydrogen) atoms. The number of alkyl halides is 3. The maximum atomic E-state index is 13.3. The Morgan fingerprint density at radius 2 is 1.78 bits per heavy atom. The highest BCUT2D eigenvalue weighted by molar-refractivity contribution is 5.79. The molecular weight excluding hydrogens is 307 g/mol. The zero-order chi connectivity index (χ0) is 16.9. The average molecular weight is 327 g/mol. The van der Waals surface area contributed by atoms with Crippen molar-refractivity contribution in [1.29, 1.82) is 0 Å². The summed E-state index contributed by atoms with van der Waals surface area (Å²) in [4.78, 5) is 0. The van der Waals surface area contributed by atoms with Gasteiger partial charge in [0.15, 0.2) is 0 Å². The number of hydrogen-bond acceptors (Lipinski definition) is 5. The lowest BCUT2D eigenvalue weighted by atomic mass is 9.98. The van der Waals surface area contributed by atoms with Gasteiger partial charge >= 0.3 is 6.18 Å². The van der Waals surface area contributed by atoms with Crippen LogP contribution in [0.15, 0.2) is 42.0 Å². The standard InChI is InChI=1S/C15H20F3N5/c1-19-7-8-21-14-11(9-13(20-2)22-23-14)10-5-3-4-6-12(10)15(16,17)18/h3-6,9,19-23H,7-8H2,1-2H3. The highest BCUT2D eigenvalue weighted by atomic mass is 19.4. The van der Waals surface area contributed by atoms with Gasteiger partial charge in [-0.3, -0.25) is 10.9 Å². The first kappa shape index (κ1) is 17.0. The molecule has 1 aromatic rings. The van der Waals surface area contributed by atoms with Crippen molar-refractivity contribution >= 4 is 5.57 Å².